The molecule has 0 saturated heterocycles. The number of hydrogen-bond acceptors (Lipinski definition) is 5. The van der Waals surface area contributed by atoms with Gasteiger partial charge in [0.15, 0.2) is 5.75 Å². The Labute approximate surface area is 103 Å². The van der Waals surface area contributed by atoms with E-state index in [-0.39, 0.29) is 11.3 Å². The number of aliphatic carboxylic acids is 1. The Morgan fingerprint density at radius 2 is 2.00 bits per heavy atom. The Hall–Kier alpha value is -2.37. The van der Waals surface area contributed by atoms with Gasteiger partial charge in [0.25, 0.3) is 0 Å². The van der Waals surface area contributed by atoms with E-state index in [1.165, 1.54) is 30.3 Å². The van der Waals surface area contributed by atoms with E-state index in [1.54, 1.807) is 0 Å². The van der Waals surface area contributed by atoms with E-state index in [2.05, 4.69) is 4.18 Å². The van der Waals surface area contributed by atoms with Crippen molar-refractivity contribution in [3.63, 3.8) is 0 Å². The Balaban J connectivity index is 3.27. The molecule has 94 valence electrons. The molecule has 7 nitrogen and oxygen atoms in total. The summed E-state index contributed by atoms with van der Waals surface area (Å²) in [7, 11) is -4.72. The van der Waals surface area contributed by atoms with Gasteiger partial charge in [-0.1, -0.05) is 18.2 Å². The molecule has 0 aliphatic carbocycles. The lowest BCUT2D eigenvalue weighted by Crippen LogP contribution is -2.07. The average Bonchev–Trinajstić information content (AvgIpc) is 2.25. The van der Waals surface area contributed by atoms with E-state index in [0.29, 0.717) is 0 Å². The van der Waals surface area contributed by atoms with Crippen LogP contribution in [0.15, 0.2) is 29.8 Å². The van der Waals surface area contributed by atoms with Gasteiger partial charge >= 0.3 is 16.4 Å². The minimum atomic E-state index is -4.72. The quantitative estimate of drug-likeness (QED) is 0.471. The number of para-hydroxylation sites is 1. The van der Waals surface area contributed by atoms with Crippen molar-refractivity contribution in [2.24, 2.45) is 0 Å². The van der Waals surface area contributed by atoms with Crippen LogP contribution >= 0.6 is 0 Å². The highest BCUT2D eigenvalue weighted by molar-refractivity contribution is 7.81. The molecule has 1 aromatic rings. The smallest absolute Gasteiger partial charge is 0.446 e. The molecule has 0 radical (unpaired) electrons. The van der Waals surface area contributed by atoms with Crippen LogP contribution in [-0.2, 0) is 15.2 Å². The fraction of sp³-hybridized carbons (Fsp3) is 0. The largest absolute Gasteiger partial charge is 0.477 e. The van der Waals surface area contributed by atoms with Gasteiger partial charge in [0.2, 0.25) is 0 Å². The van der Waals surface area contributed by atoms with Crippen molar-refractivity contribution < 1.29 is 27.1 Å². The van der Waals surface area contributed by atoms with Crippen molar-refractivity contribution in [3.05, 3.63) is 35.4 Å². The number of nitriles is 1. The minimum absolute atomic E-state index is 0.0362. The third kappa shape index (κ3) is 3.89. The standard InChI is InChI=1S/C10H7NO6S/c11-6-8(10(12)13)5-7-3-1-2-4-9(7)17-18(14,15)16/h1-5H,(H,12,13)(H,14,15,16). The zero-order valence-electron chi connectivity index (χ0n) is 8.77. The molecule has 0 aliphatic rings. The van der Waals surface area contributed by atoms with E-state index < -0.39 is 21.9 Å². The molecule has 0 saturated carbocycles. The molecule has 0 bridgehead atoms. The molecule has 0 atom stereocenters. The van der Waals surface area contributed by atoms with Crippen LogP contribution in [0.2, 0.25) is 0 Å². The maximum atomic E-state index is 10.6. The first-order valence-corrected chi connectivity index (χ1v) is 5.81. The van der Waals surface area contributed by atoms with Crippen LogP contribution in [0.5, 0.6) is 5.75 Å². The molecule has 8 heteroatoms. The van der Waals surface area contributed by atoms with Crippen LogP contribution < -0.4 is 4.18 Å². The molecule has 0 unspecified atom stereocenters. The molecule has 2 N–H and O–H groups in total. The van der Waals surface area contributed by atoms with Gasteiger partial charge in [-0.25, -0.2) is 4.79 Å². The predicted molar refractivity (Wildman–Crippen MR) is 59.8 cm³/mol. The molecule has 1 aromatic carbocycles. The number of hydrogen-bond donors (Lipinski definition) is 2. The average molecular weight is 269 g/mol. The highest BCUT2D eigenvalue weighted by Crippen LogP contribution is 2.22. The number of nitrogens with zero attached hydrogens (tertiary/aromatic N) is 1. The van der Waals surface area contributed by atoms with Crippen LogP contribution in [0, 0.1) is 11.3 Å². The van der Waals surface area contributed by atoms with Gasteiger partial charge in [0.05, 0.1) is 0 Å². The maximum absolute atomic E-state index is 10.6. The second-order valence-corrected chi connectivity index (χ2v) is 4.05. The van der Waals surface area contributed by atoms with E-state index in [9.17, 15) is 13.2 Å². The summed E-state index contributed by atoms with van der Waals surface area (Å²) in [6.45, 7) is 0. The summed E-state index contributed by atoms with van der Waals surface area (Å²) >= 11 is 0. The van der Waals surface area contributed by atoms with Crippen molar-refractivity contribution in [3.8, 4) is 11.8 Å². The number of rotatable bonds is 4. The molecule has 0 amide bonds. The van der Waals surface area contributed by atoms with Crippen molar-refractivity contribution in [1.82, 2.24) is 0 Å². The third-order valence-electron chi connectivity index (χ3n) is 1.76. The lowest BCUT2D eigenvalue weighted by molar-refractivity contribution is -0.132. The van der Waals surface area contributed by atoms with Gasteiger partial charge < -0.3 is 9.29 Å². The SMILES string of the molecule is N#CC(=Cc1ccccc1OS(=O)(=O)O)C(=O)O. The van der Waals surface area contributed by atoms with Crippen molar-refractivity contribution >= 4 is 22.4 Å². The summed E-state index contributed by atoms with van der Waals surface area (Å²) in [6.07, 6.45) is 0.933. The topological polar surface area (TPSA) is 125 Å². The second-order valence-electron chi connectivity index (χ2n) is 3.02. The Morgan fingerprint density at radius 1 is 1.39 bits per heavy atom. The van der Waals surface area contributed by atoms with Crippen LogP contribution in [0.1, 0.15) is 5.56 Å². The summed E-state index contributed by atoms with van der Waals surface area (Å²) in [4.78, 5) is 10.6. The number of carboxylic acid groups (broad SMARTS) is 1. The van der Waals surface area contributed by atoms with Crippen molar-refractivity contribution in [2.45, 2.75) is 0 Å². The molecule has 0 aliphatic heterocycles. The normalized spacial score (nSPS) is 11.7. The Bertz CT molecular complexity index is 641. The van der Waals surface area contributed by atoms with Crippen LogP contribution in [-0.4, -0.2) is 24.0 Å². The number of carbonyl (C=O) groups is 1. The predicted octanol–water partition coefficient (Wildman–Crippen LogP) is 0.860. The first-order valence-electron chi connectivity index (χ1n) is 4.44. The lowest BCUT2D eigenvalue weighted by Gasteiger charge is -2.04. The first kappa shape index (κ1) is 13.7. The number of carboxylic acids is 1. The molecule has 0 fully saturated rings. The van der Waals surface area contributed by atoms with Gasteiger partial charge in [-0.3, -0.25) is 4.55 Å². The van der Waals surface area contributed by atoms with Gasteiger partial charge in [-0.2, -0.15) is 13.7 Å². The maximum Gasteiger partial charge on any atom is 0.446 e. The lowest BCUT2D eigenvalue weighted by atomic mass is 10.1. The molecular weight excluding hydrogens is 262 g/mol. The summed E-state index contributed by atoms with van der Waals surface area (Å²) in [5, 5.41) is 17.2. The number of benzene rings is 1. The highest BCUT2D eigenvalue weighted by Gasteiger charge is 2.12. The summed E-state index contributed by atoms with van der Waals surface area (Å²) in [5.74, 6) is -1.74. The van der Waals surface area contributed by atoms with E-state index >= 15 is 0 Å². The zero-order valence-corrected chi connectivity index (χ0v) is 9.59. The molecule has 0 aromatic heterocycles. The van der Waals surface area contributed by atoms with Crippen LogP contribution in [0.3, 0.4) is 0 Å². The van der Waals surface area contributed by atoms with Gasteiger partial charge in [0.1, 0.15) is 11.6 Å². The Kier molecular flexibility index (Phi) is 4.04. The fourth-order valence-electron chi connectivity index (χ4n) is 1.09. The van der Waals surface area contributed by atoms with E-state index in [4.69, 9.17) is 14.9 Å². The third-order valence-corrected chi connectivity index (χ3v) is 2.15. The van der Waals surface area contributed by atoms with Gasteiger partial charge in [-0.15, -0.1) is 0 Å². The zero-order chi connectivity index (χ0) is 13.8. The summed E-state index contributed by atoms with van der Waals surface area (Å²) < 4.78 is 33.9. The molecular formula is C10H7NO6S. The molecule has 18 heavy (non-hydrogen) atoms. The first-order chi connectivity index (χ1) is 8.33. The molecule has 0 spiro atoms. The second kappa shape index (κ2) is 5.31. The van der Waals surface area contributed by atoms with Crippen LogP contribution in [0.25, 0.3) is 6.08 Å². The van der Waals surface area contributed by atoms with Gasteiger partial charge in [0, 0.05) is 5.56 Å². The molecule has 0 heterocycles. The monoisotopic (exact) mass is 269 g/mol. The Morgan fingerprint density at radius 3 is 2.50 bits per heavy atom. The van der Waals surface area contributed by atoms with Crippen LogP contribution in [0.4, 0.5) is 0 Å². The van der Waals surface area contributed by atoms with Gasteiger partial charge in [-0.05, 0) is 12.1 Å². The highest BCUT2D eigenvalue weighted by atomic mass is 32.3. The fourth-order valence-corrected chi connectivity index (χ4v) is 1.47. The van der Waals surface area contributed by atoms with E-state index in [1.807, 2.05) is 0 Å². The van der Waals surface area contributed by atoms with Crippen molar-refractivity contribution in [2.75, 3.05) is 0 Å². The summed E-state index contributed by atoms with van der Waals surface area (Å²) in [5.41, 5.74) is -0.560. The minimum Gasteiger partial charge on any atom is -0.477 e. The summed E-state index contributed by atoms with van der Waals surface area (Å²) in [6, 6.07) is 6.88. The van der Waals surface area contributed by atoms with Crippen molar-refractivity contribution in [1.29, 1.82) is 5.26 Å². The van der Waals surface area contributed by atoms with E-state index in [0.717, 1.165) is 6.08 Å². The molecule has 1 rings (SSSR count).